The summed E-state index contributed by atoms with van der Waals surface area (Å²) < 4.78 is 17.8. The summed E-state index contributed by atoms with van der Waals surface area (Å²) in [6.07, 6.45) is 0.677. The second-order valence-corrected chi connectivity index (χ2v) is 8.31. The van der Waals surface area contributed by atoms with Crippen molar-refractivity contribution in [3.05, 3.63) is 126 Å². The highest BCUT2D eigenvalue weighted by Crippen LogP contribution is 2.24. The number of nitrogens with zero attached hydrogens (tertiary/aromatic N) is 1. The molecule has 1 aromatic heterocycles. The molecule has 0 amide bonds. The van der Waals surface area contributed by atoms with E-state index in [-0.39, 0.29) is 0 Å². The summed E-state index contributed by atoms with van der Waals surface area (Å²) in [6.45, 7) is 2.94. The van der Waals surface area contributed by atoms with Crippen molar-refractivity contribution in [1.29, 1.82) is 0 Å². The Morgan fingerprint density at radius 2 is 1.34 bits per heavy atom. The highest BCUT2D eigenvalue weighted by Gasteiger charge is 2.11. The molecule has 4 heteroatoms. The standard InChI is InChI=1S/C31H27NO3/c1-23-30(32-31(35-23)27-12-6-3-7-13-27)19-20-33-29-14-8-9-24(21-29)22-34-28-17-15-26(16-18-28)25-10-4-2-5-11-25/h2-18,21H,19-20,22H2,1H3. The molecule has 0 aliphatic carbocycles. The number of ether oxygens (including phenoxy) is 2. The first kappa shape index (κ1) is 22.5. The van der Waals surface area contributed by atoms with Crippen LogP contribution in [0.2, 0.25) is 0 Å². The fourth-order valence-corrected chi connectivity index (χ4v) is 3.90. The second-order valence-electron chi connectivity index (χ2n) is 8.31. The van der Waals surface area contributed by atoms with Gasteiger partial charge in [-0.2, -0.15) is 0 Å². The summed E-state index contributed by atoms with van der Waals surface area (Å²) in [5.41, 5.74) is 5.32. The number of oxazole rings is 1. The molecule has 0 bridgehead atoms. The van der Waals surface area contributed by atoms with Crippen LogP contribution < -0.4 is 9.47 Å². The van der Waals surface area contributed by atoms with Crippen LogP contribution in [0.4, 0.5) is 0 Å². The molecule has 0 atom stereocenters. The molecule has 0 saturated carbocycles. The highest BCUT2D eigenvalue weighted by atomic mass is 16.5. The van der Waals surface area contributed by atoms with Crippen molar-refractivity contribution in [3.63, 3.8) is 0 Å². The first-order valence-corrected chi connectivity index (χ1v) is 11.8. The van der Waals surface area contributed by atoms with E-state index >= 15 is 0 Å². The maximum absolute atomic E-state index is 6.00. The fourth-order valence-electron chi connectivity index (χ4n) is 3.90. The fraction of sp³-hybridized carbons (Fsp3) is 0.129. The summed E-state index contributed by atoms with van der Waals surface area (Å²) in [5.74, 6) is 3.13. The third-order valence-corrected chi connectivity index (χ3v) is 5.79. The Kier molecular flexibility index (Phi) is 6.90. The van der Waals surface area contributed by atoms with Gasteiger partial charge in [-0.15, -0.1) is 0 Å². The van der Waals surface area contributed by atoms with Gasteiger partial charge in [0.1, 0.15) is 23.9 Å². The molecule has 0 fully saturated rings. The van der Waals surface area contributed by atoms with Gasteiger partial charge in [0.25, 0.3) is 0 Å². The zero-order chi connectivity index (χ0) is 23.9. The predicted octanol–water partition coefficient (Wildman–Crippen LogP) is 7.52. The second kappa shape index (κ2) is 10.7. The molecule has 35 heavy (non-hydrogen) atoms. The molecule has 4 aromatic carbocycles. The van der Waals surface area contributed by atoms with Crippen molar-refractivity contribution < 1.29 is 13.9 Å². The van der Waals surface area contributed by atoms with Gasteiger partial charge in [-0.05, 0) is 60.0 Å². The van der Waals surface area contributed by atoms with Crippen LogP contribution >= 0.6 is 0 Å². The monoisotopic (exact) mass is 461 g/mol. The van der Waals surface area contributed by atoms with Crippen molar-refractivity contribution >= 4 is 0 Å². The number of aromatic nitrogens is 1. The van der Waals surface area contributed by atoms with Gasteiger partial charge >= 0.3 is 0 Å². The first-order valence-electron chi connectivity index (χ1n) is 11.8. The van der Waals surface area contributed by atoms with E-state index in [0.717, 1.165) is 34.1 Å². The molecule has 0 aliphatic heterocycles. The SMILES string of the molecule is Cc1oc(-c2ccccc2)nc1CCOc1cccc(COc2ccc(-c3ccccc3)cc2)c1. The van der Waals surface area contributed by atoms with E-state index in [0.29, 0.717) is 25.5 Å². The molecular formula is C31H27NO3. The zero-order valence-corrected chi connectivity index (χ0v) is 19.7. The minimum atomic E-state index is 0.477. The quantitative estimate of drug-likeness (QED) is 0.228. The average Bonchev–Trinajstić information content (AvgIpc) is 3.29. The normalized spacial score (nSPS) is 10.8. The molecule has 0 unspecified atom stereocenters. The summed E-state index contributed by atoms with van der Waals surface area (Å²) in [7, 11) is 0. The van der Waals surface area contributed by atoms with E-state index in [1.807, 2.05) is 91.9 Å². The molecule has 0 N–H and O–H groups in total. The van der Waals surface area contributed by atoms with Gasteiger partial charge in [0, 0.05) is 12.0 Å². The van der Waals surface area contributed by atoms with Crippen molar-refractivity contribution in [2.75, 3.05) is 6.61 Å². The van der Waals surface area contributed by atoms with Gasteiger partial charge in [-0.1, -0.05) is 72.8 Å². The Morgan fingerprint density at radius 1 is 0.657 bits per heavy atom. The van der Waals surface area contributed by atoms with Crippen LogP contribution in [0.5, 0.6) is 11.5 Å². The van der Waals surface area contributed by atoms with Crippen LogP contribution in [0.1, 0.15) is 17.0 Å². The Labute approximate surface area is 205 Å². The molecular weight excluding hydrogens is 434 g/mol. The van der Waals surface area contributed by atoms with E-state index in [9.17, 15) is 0 Å². The van der Waals surface area contributed by atoms with Crippen LogP contribution in [-0.2, 0) is 13.0 Å². The summed E-state index contributed by atoms with van der Waals surface area (Å²) >= 11 is 0. The topological polar surface area (TPSA) is 44.5 Å². The van der Waals surface area contributed by atoms with E-state index in [1.165, 1.54) is 11.1 Å². The van der Waals surface area contributed by atoms with Crippen molar-refractivity contribution in [1.82, 2.24) is 4.98 Å². The Morgan fingerprint density at radius 3 is 2.09 bits per heavy atom. The molecule has 0 saturated heterocycles. The van der Waals surface area contributed by atoms with E-state index < -0.39 is 0 Å². The van der Waals surface area contributed by atoms with Crippen molar-refractivity contribution in [3.8, 4) is 34.1 Å². The molecule has 0 aliphatic rings. The lowest BCUT2D eigenvalue weighted by Crippen LogP contribution is -2.03. The van der Waals surface area contributed by atoms with Crippen molar-refractivity contribution in [2.24, 2.45) is 0 Å². The maximum atomic E-state index is 6.00. The van der Waals surface area contributed by atoms with Gasteiger partial charge in [0.15, 0.2) is 0 Å². The largest absolute Gasteiger partial charge is 0.493 e. The number of hydrogen-bond acceptors (Lipinski definition) is 4. The zero-order valence-electron chi connectivity index (χ0n) is 19.7. The van der Waals surface area contributed by atoms with Gasteiger partial charge < -0.3 is 13.9 Å². The predicted molar refractivity (Wildman–Crippen MR) is 139 cm³/mol. The summed E-state index contributed by atoms with van der Waals surface area (Å²) in [4.78, 5) is 4.65. The summed E-state index contributed by atoms with van der Waals surface area (Å²) in [5, 5.41) is 0. The van der Waals surface area contributed by atoms with Crippen LogP contribution in [0, 0.1) is 6.92 Å². The third-order valence-electron chi connectivity index (χ3n) is 5.79. The van der Waals surface area contributed by atoms with Crippen LogP contribution in [0.25, 0.3) is 22.6 Å². The lowest BCUT2D eigenvalue weighted by atomic mass is 10.1. The highest BCUT2D eigenvalue weighted by molar-refractivity contribution is 5.63. The van der Waals surface area contributed by atoms with Gasteiger partial charge in [0.05, 0.1) is 12.3 Å². The number of benzene rings is 4. The summed E-state index contributed by atoms with van der Waals surface area (Å²) in [6, 6.07) is 36.4. The molecule has 5 aromatic rings. The maximum Gasteiger partial charge on any atom is 0.226 e. The smallest absolute Gasteiger partial charge is 0.226 e. The molecule has 0 spiro atoms. The minimum absolute atomic E-state index is 0.477. The van der Waals surface area contributed by atoms with Gasteiger partial charge in [0.2, 0.25) is 5.89 Å². The molecule has 4 nitrogen and oxygen atoms in total. The Hall–Kier alpha value is -4.31. The van der Waals surface area contributed by atoms with E-state index in [4.69, 9.17) is 13.9 Å². The first-order chi connectivity index (χ1) is 17.2. The van der Waals surface area contributed by atoms with Crippen LogP contribution in [0.3, 0.4) is 0 Å². The number of rotatable bonds is 9. The third kappa shape index (κ3) is 5.79. The van der Waals surface area contributed by atoms with Gasteiger partial charge in [-0.3, -0.25) is 0 Å². The van der Waals surface area contributed by atoms with E-state index in [2.05, 4.69) is 29.2 Å². The minimum Gasteiger partial charge on any atom is -0.493 e. The van der Waals surface area contributed by atoms with E-state index in [1.54, 1.807) is 0 Å². The average molecular weight is 462 g/mol. The number of hydrogen-bond donors (Lipinski definition) is 0. The Bertz CT molecular complexity index is 1360. The van der Waals surface area contributed by atoms with Crippen LogP contribution in [0.15, 0.2) is 114 Å². The molecule has 0 radical (unpaired) electrons. The number of aryl methyl sites for hydroxylation is 1. The molecule has 1 heterocycles. The van der Waals surface area contributed by atoms with Crippen molar-refractivity contribution in [2.45, 2.75) is 20.0 Å². The molecule has 174 valence electrons. The van der Waals surface area contributed by atoms with Crippen LogP contribution in [-0.4, -0.2) is 11.6 Å². The van der Waals surface area contributed by atoms with Gasteiger partial charge in [-0.25, -0.2) is 4.98 Å². The lowest BCUT2D eigenvalue weighted by molar-refractivity contribution is 0.301. The Balaban J connectivity index is 1.14. The molecule has 5 rings (SSSR count). The lowest BCUT2D eigenvalue weighted by Gasteiger charge is -2.10.